The third kappa shape index (κ3) is 5.98. The molecule has 0 aliphatic heterocycles. The lowest BCUT2D eigenvalue weighted by Gasteiger charge is -2.27. The molecule has 1 aromatic heterocycles. The Morgan fingerprint density at radius 2 is 1.66 bits per heavy atom. The molecule has 0 bridgehead atoms. The number of amides is 1. The number of nitrogens with zero attached hydrogens (tertiary/aromatic N) is 2. The summed E-state index contributed by atoms with van der Waals surface area (Å²) in [5, 5.41) is 23.3. The largest absolute Gasteiger partial charge is 0.481 e. The topological polar surface area (TPSA) is 136 Å². The molecule has 3 aromatic rings. The molecule has 1 aliphatic carbocycles. The minimum absolute atomic E-state index is 0.00777. The zero-order valence-corrected chi connectivity index (χ0v) is 20.0. The van der Waals surface area contributed by atoms with Gasteiger partial charge in [0.2, 0.25) is 0 Å². The molecule has 0 radical (unpaired) electrons. The number of halogens is 2. The molecule has 0 fully saturated rings. The van der Waals surface area contributed by atoms with E-state index in [4.69, 9.17) is 28.9 Å². The number of hydrogen-bond donors (Lipinski definition) is 3. The first-order chi connectivity index (χ1) is 16.5. The molecule has 0 spiro atoms. The first kappa shape index (κ1) is 25.7. The van der Waals surface area contributed by atoms with E-state index in [-0.39, 0.29) is 12.0 Å². The van der Waals surface area contributed by atoms with Crippen molar-refractivity contribution in [3.8, 4) is 5.69 Å². The summed E-state index contributed by atoms with van der Waals surface area (Å²) in [6, 6.07) is 14.4. The highest BCUT2D eigenvalue weighted by molar-refractivity contribution is 6.38. The molecule has 4 rings (SSSR count). The Hall–Kier alpha value is -3.88. The molecule has 1 atom stereocenters. The summed E-state index contributed by atoms with van der Waals surface area (Å²) in [7, 11) is 0. The molecule has 4 N–H and O–H groups in total. The van der Waals surface area contributed by atoms with Gasteiger partial charge >= 0.3 is 11.9 Å². The van der Waals surface area contributed by atoms with E-state index in [9.17, 15) is 24.6 Å². The highest BCUT2D eigenvalue weighted by Crippen LogP contribution is 2.41. The standard InChI is InChI=1S/C15H12Cl2O4.C10H9N3O/c1-15(14(20)21)6-8(5-9(7-15)13(18)19)12-10(16)3-2-4-11(12)17;11-10(14)8-6-12-13(7-8)9-4-2-1-3-5-9/h2-6H,7H2,1H3,(H,18,19)(H,20,21);1-7H,(H2,11,14). The Balaban J connectivity index is 0.000000211. The number of carbonyl (C=O) groups excluding carboxylic acids is 1. The van der Waals surface area contributed by atoms with Crippen LogP contribution in [0.3, 0.4) is 0 Å². The summed E-state index contributed by atoms with van der Waals surface area (Å²) in [4.78, 5) is 33.5. The Labute approximate surface area is 210 Å². The molecule has 10 heteroatoms. The van der Waals surface area contributed by atoms with E-state index >= 15 is 0 Å². The van der Waals surface area contributed by atoms with E-state index in [0.29, 0.717) is 26.7 Å². The zero-order chi connectivity index (χ0) is 25.8. The Morgan fingerprint density at radius 3 is 2.17 bits per heavy atom. The van der Waals surface area contributed by atoms with Crippen molar-refractivity contribution in [2.24, 2.45) is 11.1 Å². The molecular weight excluding hydrogens is 493 g/mol. The smallest absolute Gasteiger partial charge is 0.331 e. The monoisotopic (exact) mass is 513 g/mol. The zero-order valence-electron chi connectivity index (χ0n) is 18.5. The van der Waals surface area contributed by atoms with Crippen LogP contribution in [0.25, 0.3) is 11.3 Å². The summed E-state index contributed by atoms with van der Waals surface area (Å²) in [5.74, 6) is -2.72. The van der Waals surface area contributed by atoms with Crippen molar-refractivity contribution in [2.75, 3.05) is 0 Å². The predicted octanol–water partition coefficient (Wildman–Crippen LogP) is 4.85. The average Bonchev–Trinajstić information content (AvgIpc) is 3.30. The van der Waals surface area contributed by atoms with E-state index in [0.717, 1.165) is 5.69 Å². The number of aromatic nitrogens is 2. The lowest BCUT2D eigenvalue weighted by Crippen LogP contribution is -2.29. The minimum Gasteiger partial charge on any atom is -0.481 e. The maximum Gasteiger partial charge on any atom is 0.331 e. The number of carbonyl (C=O) groups is 3. The normalized spacial score (nSPS) is 16.9. The van der Waals surface area contributed by atoms with Gasteiger partial charge < -0.3 is 15.9 Å². The minimum atomic E-state index is -1.32. The maximum atomic E-state index is 11.5. The van der Waals surface area contributed by atoms with Crippen molar-refractivity contribution in [1.82, 2.24) is 9.78 Å². The van der Waals surface area contributed by atoms with Crippen LogP contribution < -0.4 is 5.73 Å². The number of benzene rings is 2. The fourth-order valence-corrected chi connectivity index (χ4v) is 4.05. The number of nitrogens with two attached hydrogens (primary N) is 1. The van der Waals surface area contributed by atoms with Gasteiger partial charge in [-0.15, -0.1) is 0 Å². The number of carboxylic acids is 2. The summed E-state index contributed by atoms with van der Waals surface area (Å²) in [5.41, 5.74) is 5.95. The molecule has 0 saturated carbocycles. The number of primary amides is 1. The Morgan fingerprint density at radius 1 is 1.03 bits per heavy atom. The van der Waals surface area contributed by atoms with Crippen molar-refractivity contribution < 1.29 is 24.6 Å². The van der Waals surface area contributed by atoms with Crippen molar-refractivity contribution in [3.63, 3.8) is 0 Å². The summed E-state index contributed by atoms with van der Waals surface area (Å²) in [6.07, 6.45) is 5.88. The van der Waals surface area contributed by atoms with Crippen molar-refractivity contribution in [2.45, 2.75) is 13.3 Å². The van der Waals surface area contributed by atoms with E-state index < -0.39 is 23.3 Å². The van der Waals surface area contributed by atoms with E-state index in [1.54, 1.807) is 29.1 Å². The number of hydrogen-bond acceptors (Lipinski definition) is 4. The second-order valence-electron chi connectivity index (χ2n) is 7.94. The van der Waals surface area contributed by atoms with E-state index in [2.05, 4.69) is 5.10 Å². The maximum absolute atomic E-state index is 11.5. The first-order valence-electron chi connectivity index (χ1n) is 10.3. The van der Waals surface area contributed by atoms with Crippen LogP contribution in [0.15, 0.2) is 78.6 Å². The lowest BCUT2D eigenvalue weighted by atomic mass is 9.76. The average molecular weight is 514 g/mol. The molecule has 8 nitrogen and oxygen atoms in total. The van der Waals surface area contributed by atoms with Gasteiger partial charge in [0.05, 0.1) is 22.9 Å². The Kier molecular flexibility index (Phi) is 7.78. The number of aliphatic carboxylic acids is 2. The molecule has 0 saturated heterocycles. The van der Waals surface area contributed by atoms with Gasteiger partial charge in [-0.05, 0) is 49.3 Å². The Bertz CT molecular complexity index is 1330. The van der Waals surface area contributed by atoms with Crippen LogP contribution in [0.1, 0.15) is 29.3 Å². The second kappa shape index (κ2) is 10.6. The number of para-hydroxylation sites is 1. The first-order valence-corrected chi connectivity index (χ1v) is 11.0. The molecule has 2 aromatic carbocycles. The van der Waals surface area contributed by atoms with E-state index in [1.807, 2.05) is 30.3 Å². The van der Waals surface area contributed by atoms with Crippen molar-refractivity contribution in [1.29, 1.82) is 0 Å². The highest BCUT2D eigenvalue weighted by Gasteiger charge is 2.37. The highest BCUT2D eigenvalue weighted by atomic mass is 35.5. The van der Waals surface area contributed by atoms with Gasteiger partial charge in [0.1, 0.15) is 0 Å². The number of allylic oxidation sites excluding steroid dienone is 2. The molecule has 180 valence electrons. The van der Waals surface area contributed by atoms with E-state index in [1.165, 1.54) is 25.3 Å². The van der Waals surface area contributed by atoms with Gasteiger partial charge in [-0.2, -0.15) is 5.10 Å². The molecule has 1 unspecified atom stereocenters. The fourth-order valence-electron chi connectivity index (χ4n) is 3.43. The summed E-state index contributed by atoms with van der Waals surface area (Å²) < 4.78 is 1.61. The van der Waals surface area contributed by atoms with Crippen LogP contribution in [-0.4, -0.2) is 37.8 Å². The quantitative estimate of drug-likeness (QED) is 0.445. The van der Waals surface area contributed by atoms with Crippen LogP contribution in [0.4, 0.5) is 0 Å². The summed E-state index contributed by atoms with van der Waals surface area (Å²) in [6.45, 7) is 1.47. The fraction of sp³-hybridized carbons (Fsp3) is 0.120. The SMILES string of the molecule is CC1(C(=O)O)C=C(c2c(Cl)cccc2Cl)C=C(C(=O)O)C1.NC(=O)c1cnn(-c2ccccc2)c1. The van der Waals surface area contributed by atoms with Gasteiger partial charge in [-0.25, -0.2) is 9.48 Å². The predicted molar refractivity (Wildman–Crippen MR) is 133 cm³/mol. The third-order valence-electron chi connectivity index (χ3n) is 5.26. The molecular formula is C25H21Cl2N3O5. The molecule has 35 heavy (non-hydrogen) atoms. The van der Waals surface area contributed by atoms with Crippen LogP contribution >= 0.6 is 23.2 Å². The van der Waals surface area contributed by atoms with Gasteiger partial charge in [0, 0.05) is 27.4 Å². The van der Waals surface area contributed by atoms with Crippen LogP contribution in [-0.2, 0) is 9.59 Å². The van der Waals surface area contributed by atoms with Gasteiger partial charge in [-0.3, -0.25) is 9.59 Å². The second-order valence-corrected chi connectivity index (χ2v) is 8.76. The summed E-state index contributed by atoms with van der Waals surface area (Å²) >= 11 is 12.2. The van der Waals surface area contributed by atoms with Gasteiger partial charge in [-0.1, -0.05) is 53.5 Å². The van der Waals surface area contributed by atoms with Gasteiger partial charge in [0.25, 0.3) is 5.91 Å². The van der Waals surface area contributed by atoms with Crippen molar-refractivity contribution in [3.05, 3.63) is 99.8 Å². The van der Waals surface area contributed by atoms with Gasteiger partial charge in [0.15, 0.2) is 0 Å². The third-order valence-corrected chi connectivity index (χ3v) is 5.89. The number of carboxylic acid groups (broad SMARTS) is 2. The molecule has 1 aliphatic rings. The number of rotatable bonds is 5. The van der Waals surface area contributed by atoms with Crippen LogP contribution in [0.2, 0.25) is 10.0 Å². The van der Waals surface area contributed by atoms with Crippen LogP contribution in [0.5, 0.6) is 0 Å². The lowest BCUT2D eigenvalue weighted by molar-refractivity contribution is -0.145. The molecule has 1 heterocycles. The van der Waals surface area contributed by atoms with Crippen molar-refractivity contribution >= 4 is 46.6 Å². The molecule has 1 amide bonds. The van der Waals surface area contributed by atoms with Crippen LogP contribution in [0, 0.1) is 5.41 Å².